The van der Waals surface area contributed by atoms with Gasteiger partial charge in [0, 0.05) is 13.6 Å². The Labute approximate surface area is 100 Å². The minimum atomic E-state index is -1.07. The van der Waals surface area contributed by atoms with Crippen LogP contribution in [0, 0.1) is 28.9 Å². The van der Waals surface area contributed by atoms with Crippen molar-refractivity contribution < 1.29 is 8.78 Å². The largest absolute Gasteiger partial charge is 0.372 e. The van der Waals surface area contributed by atoms with Crippen molar-refractivity contribution in [3.05, 3.63) is 29.3 Å². The van der Waals surface area contributed by atoms with Crippen LogP contribution in [0.1, 0.15) is 25.8 Å². The predicted octanol–water partition coefficient (Wildman–Crippen LogP) is 3.32. The molecule has 1 rings (SSSR count). The van der Waals surface area contributed by atoms with Crippen molar-refractivity contribution >= 4 is 5.69 Å². The van der Waals surface area contributed by atoms with Crippen LogP contribution in [0.4, 0.5) is 14.5 Å². The molecule has 0 radical (unpaired) electrons. The topological polar surface area (TPSA) is 27.0 Å². The second kappa shape index (κ2) is 5.62. The van der Waals surface area contributed by atoms with Crippen LogP contribution in [0.15, 0.2) is 12.1 Å². The van der Waals surface area contributed by atoms with Crippen LogP contribution >= 0.6 is 0 Å². The molecule has 2 nitrogen and oxygen atoms in total. The third-order valence-corrected chi connectivity index (χ3v) is 2.64. The normalized spacial score (nSPS) is 10.4. The molecule has 1 aromatic carbocycles. The molecule has 1 aromatic rings. The molecular weight excluding hydrogens is 222 g/mol. The van der Waals surface area contributed by atoms with Crippen molar-refractivity contribution in [1.82, 2.24) is 0 Å². The van der Waals surface area contributed by atoms with Gasteiger partial charge in [0.25, 0.3) is 0 Å². The zero-order chi connectivity index (χ0) is 13.0. The SMILES string of the molecule is CC(C)CCN(C)c1ccc(C#N)c(F)c1F. The molecule has 0 spiro atoms. The summed E-state index contributed by atoms with van der Waals surface area (Å²) in [4.78, 5) is 1.67. The summed E-state index contributed by atoms with van der Waals surface area (Å²) in [7, 11) is 1.71. The molecule has 0 fully saturated rings. The summed E-state index contributed by atoms with van der Waals surface area (Å²) in [5, 5.41) is 8.58. The molecule has 0 heterocycles. The van der Waals surface area contributed by atoms with Crippen LogP contribution in [-0.4, -0.2) is 13.6 Å². The molecular formula is C13H16F2N2. The van der Waals surface area contributed by atoms with Gasteiger partial charge in [0.15, 0.2) is 11.6 Å². The van der Waals surface area contributed by atoms with Crippen LogP contribution in [0.2, 0.25) is 0 Å². The summed E-state index contributed by atoms with van der Waals surface area (Å²) in [6.07, 6.45) is 0.900. The molecule has 0 aromatic heterocycles. The van der Waals surface area contributed by atoms with E-state index >= 15 is 0 Å². The average molecular weight is 238 g/mol. The Bertz CT molecular complexity index is 436. The third kappa shape index (κ3) is 3.16. The molecule has 0 aliphatic carbocycles. The van der Waals surface area contributed by atoms with Crippen LogP contribution in [-0.2, 0) is 0 Å². The summed E-state index contributed by atoms with van der Waals surface area (Å²) in [5.74, 6) is -1.51. The van der Waals surface area contributed by atoms with E-state index in [2.05, 4.69) is 13.8 Å². The molecule has 4 heteroatoms. The summed E-state index contributed by atoms with van der Waals surface area (Å²) >= 11 is 0. The van der Waals surface area contributed by atoms with Crippen LogP contribution < -0.4 is 4.90 Å². The molecule has 0 amide bonds. The predicted molar refractivity (Wildman–Crippen MR) is 63.8 cm³/mol. The van der Waals surface area contributed by atoms with Crippen molar-refractivity contribution in [3.63, 3.8) is 0 Å². The summed E-state index contributed by atoms with van der Waals surface area (Å²) in [5.41, 5.74) is -0.0642. The van der Waals surface area contributed by atoms with Crippen LogP contribution in [0.25, 0.3) is 0 Å². The first-order valence-corrected chi connectivity index (χ1v) is 5.56. The van der Waals surface area contributed by atoms with Crippen molar-refractivity contribution in [2.75, 3.05) is 18.5 Å². The fraction of sp³-hybridized carbons (Fsp3) is 0.462. The maximum Gasteiger partial charge on any atom is 0.183 e. The van der Waals surface area contributed by atoms with E-state index in [0.29, 0.717) is 12.5 Å². The van der Waals surface area contributed by atoms with E-state index in [-0.39, 0.29) is 11.3 Å². The molecule has 0 saturated carbocycles. The van der Waals surface area contributed by atoms with Crippen LogP contribution in [0.3, 0.4) is 0 Å². The third-order valence-electron chi connectivity index (χ3n) is 2.64. The molecule has 0 N–H and O–H groups in total. The van der Waals surface area contributed by atoms with E-state index in [9.17, 15) is 8.78 Å². The van der Waals surface area contributed by atoms with Gasteiger partial charge in [0.05, 0.1) is 11.3 Å². The number of rotatable bonds is 4. The molecule has 0 unspecified atom stereocenters. The zero-order valence-corrected chi connectivity index (χ0v) is 10.3. The lowest BCUT2D eigenvalue weighted by Gasteiger charge is -2.21. The quantitative estimate of drug-likeness (QED) is 0.804. The van der Waals surface area contributed by atoms with Gasteiger partial charge in [-0.05, 0) is 24.5 Å². The molecule has 0 atom stereocenters. The average Bonchev–Trinajstić information content (AvgIpc) is 2.29. The van der Waals surface area contributed by atoms with Gasteiger partial charge in [0.2, 0.25) is 0 Å². The first-order valence-electron chi connectivity index (χ1n) is 5.56. The number of hydrogen-bond donors (Lipinski definition) is 0. The maximum absolute atomic E-state index is 13.7. The Morgan fingerprint density at radius 3 is 2.47 bits per heavy atom. The molecule has 17 heavy (non-hydrogen) atoms. The minimum Gasteiger partial charge on any atom is -0.372 e. The minimum absolute atomic E-state index is 0.196. The van der Waals surface area contributed by atoms with E-state index in [4.69, 9.17) is 5.26 Å². The summed E-state index contributed by atoms with van der Waals surface area (Å²) in [6.45, 7) is 4.80. The van der Waals surface area contributed by atoms with Gasteiger partial charge in [-0.3, -0.25) is 0 Å². The van der Waals surface area contributed by atoms with E-state index in [0.717, 1.165) is 6.42 Å². The Morgan fingerprint density at radius 2 is 1.94 bits per heavy atom. The molecule has 92 valence electrons. The zero-order valence-electron chi connectivity index (χ0n) is 10.3. The Morgan fingerprint density at radius 1 is 1.29 bits per heavy atom. The van der Waals surface area contributed by atoms with Crippen molar-refractivity contribution in [2.24, 2.45) is 5.92 Å². The lowest BCUT2D eigenvalue weighted by Crippen LogP contribution is -2.21. The van der Waals surface area contributed by atoms with Crippen molar-refractivity contribution in [2.45, 2.75) is 20.3 Å². The van der Waals surface area contributed by atoms with E-state index in [1.54, 1.807) is 18.0 Å². The van der Waals surface area contributed by atoms with Gasteiger partial charge in [-0.15, -0.1) is 0 Å². The highest BCUT2D eigenvalue weighted by molar-refractivity contribution is 5.51. The van der Waals surface area contributed by atoms with Gasteiger partial charge in [-0.1, -0.05) is 13.8 Å². The fourth-order valence-electron chi connectivity index (χ4n) is 1.49. The van der Waals surface area contributed by atoms with E-state index in [1.807, 2.05) is 0 Å². The maximum atomic E-state index is 13.7. The molecule has 0 aliphatic rings. The number of anilines is 1. The van der Waals surface area contributed by atoms with Gasteiger partial charge in [-0.25, -0.2) is 8.78 Å². The Kier molecular flexibility index (Phi) is 4.45. The van der Waals surface area contributed by atoms with E-state index < -0.39 is 11.6 Å². The number of halogens is 2. The highest BCUT2D eigenvalue weighted by Gasteiger charge is 2.15. The molecule has 0 saturated heterocycles. The second-order valence-electron chi connectivity index (χ2n) is 4.48. The number of benzene rings is 1. The summed E-state index contributed by atoms with van der Waals surface area (Å²) < 4.78 is 27.1. The first-order chi connectivity index (χ1) is 7.97. The smallest absolute Gasteiger partial charge is 0.183 e. The fourth-order valence-corrected chi connectivity index (χ4v) is 1.49. The number of hydrogen-bond acceptors (Lipinski definition) is 2. The Hall–Kier alpha value is -1.63. The van der Waals surface area contributed by atoms with Gasteiger partial charge in [0.1, 0.15) is 6.07 Å². The van der Waals surface area contributed by atoms with Crippen molar-refractivity contribution in [3.8, 4) is 6.07 Å². The van der Waals surface area contributed by atoms with E-state index in [1.165, 1.54) is 12.1 Å². The second-order valence-corrected chi connectivity index (χ2v) is 4.48. The van der Waals surface area contributed by atoms with Crippen LogP contribution in [0.5, 0.6) is 0 Å². The molecule has 0 bridgehead atoms. The lowest BCUT2D eigenvalue weighted by molar-refractivity contribution is 0.502. The highest BCUT2D eigenvalue weighted by Crippen LogP contribution is 2.23. The lowest BCUT2D eigenvalue weighted by atomic mass is 10.1. The van der Waals surface area contributed by atoms with Gasteiger partial charge in [-0.2, -0.15) is 5.26 Å². The Balaban J connectivity index is 2.92. The van der Waals surface area contributed by atoms with Crippen molar-refractivity contribution in [1.29, 1.82) is 5.26 Å². The van der Waals surface area contributed by atoms with Gasteiger partial charge < -0.3 is 4.90 Å². The summed E-state index contributed by atoms with van der Waals surface area (Å²) in [6, 6.07) is 4.37. The van der Waals surface area contributed by atoms with Gasteiger partial charge >= 0.3 is 0 Å². The standard InChI is InChI=1S/C13H16F2N2/c1-9(2)6-7-17(3)11-5-4-10(8-16)12(14)13(11)15/h4-5,9H,6-7H2,1-3H3. The number of nitrogens with zero attached hydrogens (tertiary/aromatic N) is 2. The number of nitriles is 1. The molecule has 0 aliphatic heterocycles. The monoisotopic (exact) mass is 238 g/mol. The highest BCUT2D eigenvalue weighted by atomic mass is 19.2. The first kappa shape index (κ1) is 13.4.